The Bertz CT molecular complexity index is 2350. The van der Waals surface area contributed by atoms with Crippen LogP contribution in [0.25, 0.3) is 33.6 Å². The Morgan fingerprint density at radius 2 is 1.27 bits per heavy atom. The van der Waals surface area contributed by atoms with E-state index in [-0.39, 0.29) is 23.9 Å². The van der Waals surface area contributed by atoms with Gasteiger partial charge in [-0.15, -0.1) is 0 Å². The first-order valence-electron chi connectivity index (χ1n) is 20.5. The third-order valence-corrected chi connectivity index (χ3v) is 11.8. The fourth-order valence-corrected chi connectivity index (χ4v) is 8.46. The van der Waals surface area contributed by atoms with Gasteiger partial charge in [0, 0.05) is 13.6 Å². The number of likely N-dealkylation sites (N-methyl/N-ethyl adjacent to an activating group) is 1. The molecule has 2 aliphatic rings. The molecule has 0 spiro atoms. The summed E-state index contributed by atoms with van der Waals surface area (Å²) >= 11 is 0. The number of imidazole rings is 2. The molecule has 12 nitrogen and oxygen atoms in total. The number of carboxylic acid groups (broad SMARTS) is 1. The van der Waals surface area contributed by atoms with Gasteiger partial charge in [-0.3, -0.25) is 14.5 Å². The van der Waals surface area contributed by atoms with Gasteiger partial charge < -0.3 is 30.2 Å². The van der Waals surface area contributed by atoms with E-state index in [2.05, 4.69) is 78.6 Å². The highest BCUT2D eigenvalue weighted by molar-refractivity contribution is 5.87. The summed E-state index contributed by atoms with van der Waals surface area (Å²) in [5.41, 5.74) is 7.43. The van der Waals surface area contributed by atoms with Crippen molar-refractivity contribution < 1.29 is 19.5 Å². The highest BCUT2D eigenvalue weighted by atomic mass is 16.4. The first-order valence-corrected chi connectivity index (χ1v) is 20.5. The van der Waals surface area contributed by atoms with E-state index in [9.17, 15) is 19.5 Å². The number of H-pyrrole nitrogens is 2. The van der Waals surface area contributed by atoms with Gasteiger partial charge in [0.05, 0.1) is 35.9 Å². The molecule has 2 saturated heterocycles. The number of nitrogens with one attached hydrogen (secondary N) is 3. The van der Waals surface area contributed by atoms with E-state index in [0.29, 0.717) is 11.4 Å². The third kappa shape index (κ3) is 8.54. The Morgan fingerprint density at radius 1 is 0.712 bits per heavy atom. The Kier molecular flexibility index (Phi) is 11.7. The van der Waals surface area contributed by atoms with Crippen molar-refractivity contribution in [3.63, 3.8) is 0 Å². The van der Waals surface area contributed by atoms with Gasteiger partial charge in [-0.25, -0.2) is 14.8 Å². The molecule has 4 heterocycles. The zero-order valence-corrected chi connectivity index (χ0v) is 33.4. The van der Waals surface area contributed by atoms with Crippen LogP contribution in [0.4, 0.5) is 4.79 Å². The summed E-state index contributed by atoms with van der Waals surface area (Å²) in [6.45, 7) is 4.46. The lowest BCUT2D eigenvalue weighted by atomic mass is 10.00. The highest BCUT2D eigenvalue weighted by Gasteiger charge is 2.39. The number of hydrogen-bond acceptors (Lipinski definition) is 6. The normalized spacial score (nSPS) is 17.3. The van der Waals surface area contributed by atoms with Crippen molar-refractivity contribution >= 4 is 17.9 Å². The minimum Gasteiger partial charge on any atom is -0.465 e. The molecule has 4 atom stereocenters. The Morgan fingerprint density at radius 3 is 1.88 bits per heavy atom. The molecule has 0 radical (unpaired) electrons. The van der Waals surface area contributed by atoms with Crippen LogP contribution in [0, 0.1) is 0 Å². The van der Waals surface area contributed by atoms with Crippen molar-refractivity contribution in [1.29, 1.82) is 0 Å². The number of carbonyl (C=O) groups excluding carboxylic acids is 2. The molecule has 0 bridgehead atoms. The van der Waals surface area contributed by atoms with Crippen LogP contribution in [0.15, 0.2) is 122 Å². The molecule has 3 amide bonds. The minimum atomic E-state index is -1.28. The van der Waals surface area contributed by atoms with E-state index in [1.165, 1.54) is 11.3 Å². The third-order valence-electron chi connectivity index (χ3n) is 11.8. The molecule has 2 aliphatic heterocycles. The molecule has 8 rings (SSSR count). The Labute approximate surface area is 344 Å². The number of hydrogen-bond donors (Lipinski definition) is 4. The molecule has 0 saturated carbocycles. The average molecular weight is 791 g/mol. The molecule has 6 aromatic rings. The molecule has 302 valence electrons. The van der Waals surface area contributed by atoms with Crippen molar-refractivity contribution in [1.82, 2.24) is 40.0 Å². The smallest absolute Gasteiger partial charge is 0.405 e. The Balaban J connectivity index is 0.921. The number of benzene rings is 4. The van der Waals surface area contributed by atoms with Gasteiger partial charge in [-0.2, -0.15) is 0 Å². The molecule has 12 heteroatoms. The summed E-state index contributed by atoms with van der Waals surface area (Å²) in [4.78, 5) is 61.6. The summed E-state index contributed by atoms with van der Waals surface area (Å²) < 4.78 is 0. The first-order chi connectivity index (χ1) is 28.7. The van der Waals surface area contributed by atoms with Gasteiger partial charge in [0.2, 0.25) is 11.8 Å². The maximum absolute atomic E-state index is 14.4. The quantitative estimate of drug-likeness (QED) is 0.0970. The number of aromatic nitrogens is 4. The van der Waals surface area contributed by atoms with Gasteiger partial charge in [0.15, 0.2) is 0 Å². The van der Waals surface area contributed by atoms with Gasteiger partial charge in [-0.05, 0) is 79.1 Å². The van der Waals surface area contributed by atoms with Crippen LogP contribution in [0.1, 0.15) is 86.0 Å². The number of carbonyl (C=O) groups is 3. The van der Waals surface area contributed by atoms with Gasteiger partial charge in [0.1, 0.15) is 23.7 Å². The summed E-state index contributed by atoms with van der Waals surface area (Å²) in [6, 6.07) is 33.8. The van der Waals surface area contributed by atoms with E-state index < -0.39 is 18.2 Å². The maximum atomic E-state index is 14.4. The number of amides is 3. The highest BCUT2D eigenvalue weighted by Crippen LogP contribution is 2.37. The van der Waals surface area contributed by atoms with Crippen molar-refractivity contribution in [2.24, 2.45) is 0 Å². The fourth-order valence-electron chi connectivity index (χ4n) is 8.46. The molecule has 2 aromatic heterocycles. The van der Waals surface area contributed by atoms with Crippen LogP contribution >= 0.6 is 0 Å². The number of nitrogens with zero attached hydrogens (tertiary/aromatic N) is 5. The molecular weight excluding hydrogens is 741 g/mol. The van der Waals surface area contributed by atoms with Crippen LogP contribution in [0.5, 0.6) is 0 Å². The lowest BCUT2D eigenvalue weighted by Crippen LogP contribution is -2.44. The van der Waals surface area contributed by atoms with Gasteiger partial charge in [-0.1, -0.05) is 116 Å². The van der Waals surface area contributed by atoms with Crippen molar-refractivity contribution in [2.75, 3.05) is 26.7 Å². The standard InChI is InChI=1S/C47H50N8O4/c1-31(53(2)45(56)41(52-47(58)59)36-13-6-3-7-14-36)43-48-29-38(50-43)34-22-18-32(19-23-34)33-20-24-35(25-21-33)39-30-49-44(51-39)40-17-12-28-55(40)46(57)42(37-15-8-4-9-16-37)54-26-10-5-11-27-54/h3-4,6-9,13-16,18-25,29-31,40-42,52H,5,10-12,17,26-28H2,1-2H3,(H,48,50)(H,49,51)(H,58,59)/t31-,40-,41+,42+/m0/s1. The van der Waals surface area contributed by atoms with E-state index in [0.717, 1.165) is 90.3 Å². The van der Waals surface area contributed by atoms with E-state index in [1.54, 1.807) is 37.5 Å². The second kappa shape index (κ2) is 17.5. The lowest BCUT2D eigenvalue weighted by molar-refractivity contribution is -0.139. The summed E-state index contributed by atoms with van der Waals surface area (Å²) in [6.07, 6.45) is 7.63. The van der Waals surface area contributed by atoms with Crippen LogP contribution in [0.2, 0.25) is 0 Å². The number of likely N-dealkylation sites (tertiary alicyclic amines) is 2. The molecule has 0 aliphatic carbocycles. The largest absolute Gasteiger partial charge is 0.465 e. The zero-order valence-electron chi connectivity index (χ0n) is 33.4. The molecule has 2 fully saturated rings. The number of rotatable bonds is 12. The number of aromatic amines is 2. The minimum absolute atomic E-state index is 0.0873. The predicted octanol–water partition coefficient (Wildman–Crippen LogP) is 8.55. The van der Waals surface area contributed by atoms with Crippen molar-refractivity contribution in [2.45, 2.75) is 63.2 Å². The van der Waals surface area contributed by atoms with Gasteiger partial charge in [0.25, 0.3) is 0 Å². The van der Waals surface area contributed by atoms with Crippen LogP contribution in [0.3, 0.4) is 0 Å². The predicted molar refractivity (Wildman–Crippen MR) is 227 cm³/mol. The fraction of sp³-hybridized carbons (Fsp3) is 0.298. The monoisotopic (exact) mass is 790 g/mol. The van der Waals surface area contributed by atoms with Crippen LogP contribution in [-0.2, 0) is 9.59 Å². The van der Waals surface area contributed by atoms with Crippen molar-refractivity contribution in [3.8, 4) is 33.6 Å². The topological polar surface area (TPSA) is 151 Å². The van der Waals surface area contributed by atoms with Gasteiger partial charge >= 0.3 is 6.09 Å². The summed E-state index contributed by atoms with van der Waals surface area (Å²) in [5, 5.41) is 11.8. The number of piperidine rings is 1. The SMILES string of the molecule is C[C@@H](c1ncc(-c2ccc(-c3ccc(-c4cnc([C@@H]5CCCN5C(=O)[C@@H](c5ccccc5)N5CCCCC5)[nH]4)cc3)cc2)[nH]1)N(C)C(=O)[C@H](NC(=O)O)c1ccccc1. The maximum Gasteiger partial charge on any atom is 0.405 e. The van der Waals surface area contributed by atoms with Crippen LogP contribution < -0.4 is 5.32 Å². The average Bonchev–Trinajstić information content (AvgIpc) is 4.09. The zero-order chi connectivity index (χ0) is 40.9. The van der Waals surface area contributed by atoms with E-state index >= 15 is 0 Å². The molecule has 4 aromatic carbocycles. The van der Waals surface area contributed by atoms with E-state index in [1.807, 2.05) is 49.5 Å². The van der Waals surface area contributed by atoms with E-state index in [4.69, 9.17) is 4.98 Å². The van der Waals surface area contributed by atoms with Crippen molar-refractivity contribution in [3.05, 3.63) is 144 Å². The summed E-state index contributed by atoms with van der Waals surface area (Å²) in [7, 11) is 1.64. The summed E-state index contributed by atoms with van der Waals surface area (Å²) in [5.74, 6) is 1.19. The first kappa shape index (κ1) is 39.3. The Hall–Kier alpha value is -6.53. The molecular formula is C47H50N8O4. The van der Waals surface area contributed by atoms with Crippen LogP contribution in [-0.4, -0.2) is 84.3 Å². The lowest BCUT2D eigenvalue weighted by Gasteiger charge is -2.37. The molecule has 4 N–H and O–H groups in total. The second-order valence-electron chi connectivity index (χ2n) is 15.5. The second-order valence-corrected chi connectivity index (χ2v) is 15.5. The molecule has 59 heavy (non-hydrogen) atoms. The molecule has 0 unspecified atom stereocenters.